The smallest absolute Gasteiger partial charge is 0.310 e. The Morgan fingerprint density at radius 1 is 1.54 bits per heavy atom. The summed E-state index contributed by atoms with van der Waals surface area (Å²) in [6, 6.07) is 0. The van der Waals surface area contributed by atoms with Crippen molar-refractivity contribution in [1.82, 2.24) is 0 Å². The maximum absolute atomic E-state index is 11.1. The Bertz CT molecular complexity index is 251. The number of esters is 1. The summed E-state index contributed by atoms with van der Waals surface area (Å²) in [6.45, 7) is 2.15. The molecule has 0 bridgehead atoms. The van der Waals surface area contributed by atoms with Gasteiger partial charge in [0, 0.05) is 5.57 Å². The first-order valence-corrected chi connectivity index (χ1v) is 4.48. The highest BCUT2D eigenvalue weighted by atomic mass is 16.5. The Hall–Kier alpha value is -1.25. The van der Waals surface area contributed by atoms with Crippen LogP contribution in [0.25, 0.3) is 0 Å². The van der Waals surface area contributed by atoms with Gasteiger partial charge in [-0.15, -0.1) is 0 Å². The Morgan fingerprint density at radius 3 is 2.85 bits per heavy atom. The van der Waals surface area contributed by atoms with E-state index in [4.69, 9.17) is 4.74 Å². The fraction of sp³-hybridized carbons (Fsp3) is 0.500. The van der Waals surface area contributed by atoms with Crippen molar-refractivity contribution in [2.75, 3.05) is 6.61 Å². The molecule has 1 rings (SSSR count). The molecule has 0 saturated heterocycles. The van der Waals surface area contributed by atoms with Crippen molar-refractivity contribution in [2.24, 2.45) is 0 Å². The summed E-state index contributed by atoms with van der Waals surface area (Å²) in [7, 11) is 0. The van der Waals surface area contributed by atoms with E-state index >= 15 is 0 Å². The summed E-state index contributed by atoms with van der Waals surface area (Å²) in [5.41, 5.74) is 0.685. The number of carbonyl (C=O) groups is 1. The first-order valence-electron chi connectivity index (χ1n) is 4.48. The van der Waals surface area contributed by atoms with Gasteiger partial charge in [-0.1, -0.05) is 6.08 Å². The van der Waals surface area contributed by atoms with Crippen LogP contribution in [0.1, 0.15) is 26.2 Å². The number of rotatable bonds is 3. The van der Waals surface area contributed by atoms with Crippen LogP contribution in [0.15, 0.2) is 23.5 Å². The third-order valence-electron chi connectivity index (χ3n) is 1.86. The first-order chi connectivity index (χ1) is 6.24. The van der Waals surface area contributed by atoms with Crippen molar-refractivity contribution >= 4 is 5.97 Å². The minimum atomic E-state index is -0.282. The molecule has 1 N–H and O–H groups in total. The Kier molecular flexibility index (Phi) is 3.55. The van der Waals surface area contributed by atoms with Crippen molar-refractivity contribution in [3.63, 3.8) is 0 Å². The van der Waals surface area contributed by atoms with E-state index in [1.807, 2.05) is 6.08 Å². The predicted octanol–water partition coefficient (Wildman–Crippen LogP) is 2.10. The van der Waals surface area contributed by atoms with Crippen LogP contribution in [0, 0.1) is 0 Å². The van der Waals surface area contributed by atoms with Gasteiger partial charge in [0.25, 0.3) is 0 Å². The molecule has 0 amide bonds. The fourth-order valence-corrected chi connectivity index (χ4v) is 1.24. The van der Waals surface area contributed by atoms with E-state index < -0.39 is 0 Å². The van der Waals surface area contributed by atoms with E-state index in [9.17, 15) is 9.90 Å². The Labute approximate surface area is 77.7 Å². The molecule has 0 radical (unpaired) electrons. The molecule has 0 spiro atoms. The van der Waals surface area contributed by atoms with E-state index in [0.717, 1.165) is 12.8 Å². The van der Waals surface area contributed by atoms with Crippen molar-refractivity contribution in [3.05, 3.63) is 23.5 Å². The zero-order chi connectivity index (χ0) is 9.68. The lowest BCUT2D eigenvalue weighted by molar-refractivity contribution is -0.142. The molecule has 0 aliphatic heterocycles. The van der Waals surface area contributed by atoms with Crippen LogP contribution >= 0.6 is 0 Å². The zero-order valence-electron chi connectivity index (χ0n) is 7.75. The molecule has 0 aromatic heterocycles. The molecular weight excluding hydrogens is 168 g/mol. The van der Waals surface area contributed by atoms with E-state index in [2.05, 4.69) is 0 Å². The number of aliphatic hydroxyl groups excluding tert-OH is 1. The molecule has 0 heterocycles. The van der Waals surface area contributed by atoms with Crippen LogP contribution in [-0.2, 0) is 9.53 Å². The summed E-state index contributed by atoms with van der Waals surface area (Å²) < 4.78 is 4.77. The molecule has 3 nitrogen and oxygen atoms in total. The molecule has 72 valence electrons. The van der Waals surface area contributed by atoms with Gasteiger partial charge in [-0.05, 0) is 25.8 Å². The van der Waals surface area contributed by atoms with Crippen LogP contribution in [0.3, 0.4) is 0 Å². The molecule has 3 heteroatoms. The quantitative estimate of drug-likeness (QED) is 0.680. The summed E-state index contributed by atoms with van der Waals surface area (Å²) in [5.74, 6) is -0.0603. The minimum absolute atomic E-state index is 0.177. The van der Waals surface area contributed by atoms with Gasteiger partial charge in [0.05, 0.1) is 13.0 Å². The maximum atomic E-state index is 11.1. The predicted molar refractivity (Wildman–Crippen MR) is 49.3 cm³/mol. The lowest BCUT2D eigenvalue weighted by atomic mass is 10.0. The Balaban J connectivity index is 2.48. The molecule has 13 heavy (non-hydrogen) atoms. The molecule has 0 unspecified atom stereocenters. The second-order valence-corrected chi connectivity index (χ2v) is 2.88. The van der Waals surface area contributed by atoms with Crippen LogP contribution in [0.5, 0.6) is 0 Å². The number of ether oxygens (including phenoxy) is 1. The van der Waals surface area contributed by atoms with Crippen molar-refractivity contribution in [2.45, 2.75) is 26.2 Å². The molecular formula is C10H14O3. The molecule has 0 aromatic carbocycles. The van der Waals surface area contributed by atoms with Crippen molar-refractivity contribution < 1.29 is 14.6 Å². The molecule has 0 atom stereocenters. The SMILES string of the molecule is CCOC(=O)CC1=CCCC=C1O. The van der Waals surface area contributed by atoms with Gasteiger partial charge in [0.2, 0.25) is 0 Å². The number of allylic oxidation sites excluding steroid dienone is 3. The van der Waals surface area contributed by atoms with Crippen LogP contribution < -0.4 is 0 Å². The minimum Gasteiger partial charge on any atom is -0.508 e. The van der Waals surface area contributed by atoms with Crippen LogP contribution in [-0.4, -0.2) is 17.7 Å². The van der Waals surface area contributed by atoms with Crippen molar-refractivity contribution in [1.29, 1.82) is 0 Å². The second-order valence-electron chi connectivity index (χ2n) is 2.88. The average Bonchev–Trinajstić information content (AvgIpc) is 2.09. The number of carbonyl (C=O) groups excluding carboxylic acids is 1. The van der Waals surface area contributed by atoms with Crippen LogP contribution in [0.4, 0.5) is 0 Å². The highest BCUT2D eigenvalue weighted by molar-refractivity contribution is 5.73. The summed E-state index contributed by atoms with van der Waals surface area (Å²) in [6.07, 6.45) is 5.52. The van der Waals surface area contributed by atoms with E-state index in [0.29, 0.717) is 12.2 Å². The molecule has 0 fully saturated rings. The summed E-state index contributed by atoms with van der Waals surface area (Å²) >= 11 is 0. The molecule has 0 aromatic rings. The molecule has 1 aliphatic carbocycles. The maximum Gasteiger partial charge on any atom is 0.310 e. The number of hydrogen-bond donors (Lipinski definition) is 1. The van der Waals surface area contributed by atoms with Gasteiger partial charge >= 0.3 is 5.97 Å². The van der Waals surface area contributed by atoms with Gasteiger partial charge in [-0.3, -0.25) is 4.79 Å². The molecule has 0 saturated carbocycles. The van der Waals surface area contributed by atoms with Gasteiger partial charge in [-0.2, -0.15) is 0 Å². The summed E-state index contributed by atoms with van der Waals surface area (Å²) in [4.78, 5) is 11.1. The first kappa shape index (κ1) is 9.84. The average molecular weight is 182 g/mol. The highest BCUT2D eigenvalue weighted by Crippen LogP contribution is 2.19. The van der Waals surface area contributed by atoms with Crippen LogP contribution in [0.2, 0.25) is 0 Å². The monoisotopic (exact) mass is 182 g/mol. The van der Waals surface area contributed by atoms with Crippen molar-refractivity contribution in [3.8, 4) is 0 Å². The van der Waals surface area contributed by atoms with Gasteiger partial charge in [0.1, 0.15) is 5.76 Å². The van der Waals surface area contributed by atoms with Gasteiger partial charge < -0.3 is 9.84 Å². The Morgan fingerprint density at radius 2 is 2.23 bits per heavy atom. The fourth-order valence-electron chi connectivity index (χ4n) is 1.24. The largest absolute Gasteiger partial charge is 0.508 e. The normalized spacial score (nSPS) is 16.1. The van der Waals surface area contributed by atoms with E-state index in [-0.39, 0.29) is 18.1 Å². The topological polar surface area (TPSA) is 46.5 Å². The third kappa shape index (κ3) is 2.93. The standard InChI is InChI=1S/C10H14O3/c1-2-13-10(12)7-8-5-3-4-6-9(8)11/h5-6,11H,2-4,7H2,1H3. The van der Waals surface area contributed by atoms with Gasteiger partial charge in [0.15, 0.2) is 0 Å². The van der Waals surface area contributed by atoms with Gasteiger partial charge in [-0.25, -0.2) is 0 Å². The second kappa shape index (κ2) is 4.70. The number of aliphatic hydroxyl groups is 1. The third-order valence-corrected chi connectivity index (χ3v) is 1.86. The zero-order valence-corrected chi connectivity index (χ0v) is 7.75. The highest BCUT2D eigenvalue weighted by Gasteiger charge is 2.12. The molecule has 1 aliphatic rings. The van der Waals surface area contributed by atoms with E-state index in [1.54, 1.807) is 13.0 Å². The lowest BCUT2D eigenvalue weighted by Gasteiger charge is -2.10. The lowest BCUT2D eigenvalue weighted by Crippen LogP contribution is -2.07. The summed E-state index contributed by atoms with van der Waals surface area (Å²) in [5, 5.41) is 9.37. The number of hydrogen-bond acceptors (Lipinski definition) is 3. The van der Waals surface area contributed by atoms with E-state index in [1.165, 1.54) is 0 Å².